The molecule has 1 saturated heterocycles. The highest BCUT2D eigenvalue weighted by atomic mass is 32.2. The second kappa shape index (κ2) is 9.58. The van der Waals surface area contributed by atoms with Crippen molar-refractivity contribution in [2.45, 2.75) is 56.5 Å². The number of rotatable bonds is 8. The normalized spacial score (nSPS) is 18.8. The van der Waals surface area contributed by atoms with Crippen molar-refractivity contribution in [2.24, 2.45) is 5.92 Å². The summed E-state index contributed by atoms with van der Waals surface area (Å²) < 4.78 is 33.0. The maximum Gasteiger partial charge on any atom is 0.243 e. The summed E-state index contributed by atoms with van der Waals surface area (Å²) in [6.07, 6.45) is 4.87. The van der Waals surface area contributed by atoms with Crippen LogP contribution in [0.2, 0.25) is 0 Å². The molecule has 8 heteroatoms. The van der Waals surface area contributed by atoms with Gasteiger partial charge in [0.2, 0.25) is 15.9 Å². The lowest BCUT2D eigenvalue weighted by Gasteiger charge is -2.36. The second-order valence-corrected chi connectivity index (χ2v) is 10.4. The van der Waals surface area contributed by atoms with E-state index in [1.165, 1.54) is 4.31 Å². The average molecular weight is 458 g/mol. The third-order valence-electron chi connectivity index (χ3n) is 6.30. The zero-order chi connectivity index (χ0) is 22.7. The van der Waals surface area contributed by atoms with Gasteiger partial charge in [-0.1, -0.05) is 6.07 Å². The number of piperidine rings is 1. The van der Waals surface area contributed by atoms with Crippen molar-refractivity contribution in [2.75, 3.05) is 19.7 Å². The molecule has 2 fully saturated rings. The van der Waals surface area contributed by atoms with Gasteiger partial charge in [0.1, 0.15) is 5.75 Å². The van der Waals surface area contributed by atoms with E-state index in [9.17, 15) is 13.2 Å². The van der Waals surface area contributed by atoms with E-state index in [1.54, 1.807) is 30.5 Å². The van der Waals surface area contributed by atoms with Crippen LogP contribution in [-0.4, -0.2) is 54.3 Å². The van der Waals surface area contributed by atoms with Gasteiger partial charge in [0, 0.05) is 31.2 Å². The van der Waals surface area contributed by atoms with Crippen molar-refractivity contribution in [1.29, 1.82) is 0 Å². The smallest absolute Gasteiger partial charge is 0.243 e. The Morgan fingerprint density at radius 2 is 1.81 bits per heavy atom. The molecule has 1 aromatic heterocycles. The Bertz CT molecular complexity index is 1010. The number of benzene rings is 1. The lowest BCUT2D eigenvalue weighted by Crippen LogP contribution is -2.45. The molecule has 2 aromatic rings. The molecule has 32 heavy (non-hydrogen) atoms. The van der Waals surface area contributed by atoms with Crippen molar-refractivity contribution in [3.63, 3.8) is 0 Å². The quantitative estimate of drug-likeness (QED) is 0.605. The van der Waals surface area contributed by atoms with Gasteiger partial charge < -0.3 is 9.64 Å². The summed E-state index contributed by atoms with van der Waals surface area (Å²) in [4.78, 5) is 20.1. The molecule has 0 bridgehead atoms. The van der Waals surface area contributed by atoms with Crippen LogP contribution in [-0.2, 0) is 14.8 Å². The van der Waals surface area contributed by atoms with Crippen molar-refractivity contribution >= 4 is 15.9 Å². The predicted octanol–water partition coefficient (Wildman–Crippen LogP) is 3.63. The van der Waals surface area contributed by atoms with E-state index < -0.39 is 10.0 Å². The second-order valence-electron chi connectivity index (χ2n) is 8.49. The minimum atomic E-state index is -3.58. The third-order valence-corrected chi connectivity index (χ3v) is 8.22. The van der Waals surface area contributed by atoms with Crippen LogP contribution in [0.1, 0.15) is 51.3 Å². The number of amides is 1. The first kappa shape index (κ1) is 22.7. The van der Waals surface area contributed by atoms with Gasteiger partial charge in [-0.15, -0.1) is 0 Å². The standard InChI is InChI=1S/C24H31N3O4S/c1-3-31-21-9-11-22(12-10-21)32(29,30)26-16-13-19(14-17-26)24(28)27(20-7-8-20)18(2)23-6-4-5-15-25-23/h4-6,9-12,15,18-20H,3,7-8,13-14,16-17H2,1-2H3/t18-/m0/s1. The van der Waals surface area contributed by atoms with E-state index >= 15 is 0 Å². The Balaban J connectivity index is 1.41. The van der Waals surface area contributed by atoms with E-state index in [0.29, 0.717) is 38.3 Å². The molecule has 0 N–H and O–H groups in total. The minimum Gasteiger partial charge on any atom is -0.494 e. The van der Waals surface area contributed by atoms with Crippen LogP contribution in [0.3, 0.4) is 0 Å². The van der Waals surface area contributed by atoms with E-state index in [2.05, 4.69) is 4.98 Å². The fourth-order valence-corrected chi connectivity index (χ4v) is 5.85. The molecule has 4 rings (SSSR count). The molecule has 1 aliphatic carbocycles. The van der Waals surface area contributed by atoms with Gasteiger partial charge in [-0.05, 0) is 75.9 Å². The first-order valence-corrected chi connectivity index (χ1v) is 12.8. The van der Waals surface area contributed by atoms with Gasteiger partial charge in [-0.2, -0.15) is 4.31 Å². The van der Waals surface area contributed by atoms with Gasteiger partial charge in [0.25, 0.3) is 0 Å². The third kappa shape index (κ3) is 4.81. The van der Waals surface area contributed by atoms with Gasteiger partial charge in [-0.3, -0.25) is 9.78 Å². The Kier molecular flexibility index (Phi) is 6.81. The molecule has 2 aliphatic rings. The number of carbonyl (C=O) groups is 1. The fourth-order valence-electron chi connectivity index (χ4n) is 4.38. The Morgan fingerprint density at radius 1 is 1.12 bits per heavy atom. The van der Waals surface area contributed by atoms with Gasteiger partial charge >= 0.3 is 0 Å². The number of pyridine rings is 1. The highest BCUT2D eigenvalue weighted by molar-refractivity contribution is 7.89. The molecule has 0 spiro atoms. The number of carbonyl (C=O) groups excluding carboxylic acids is 1. The van der Waals surface area contributed by atoms with Gasteiger partial charge in [-0.25, -0.2) is 8.42 Å². The van der Waals surface area contributed by atoms with E-state index in [0.717, 1.165) is 18.5 Å². The lowest BCUT2D eigenvalue weighted by molar-refractivity contribution is -0.139. The summed E-state index contributed by atoms with van der Waals surface area (Å²) in [7, 11) is -3.58. The Hall–Kier alpha value is -2.45. The van der Waals surface area contributed by atoms with E-state index in [4.69, 9.17) is 4.74 Å². The summed E-state index contributed by atoms with van der Waals surface area (Å²) in [6, 6.07) is 12.5. The number of aromatic nitrogens is 1. The van der Waals surface area contributed by atoms with Crippen LogP contribution in [0.15, 0.2) is 53.6 Å². The van der Waals surface area contributed by atoms with Crippen molar-refractivity contribution in [1.82, 2.24) is 14.2 Å². The molecule has 0 radical (unpaired) electrons. The molecular weight excluding hydrogens is 426 g/mol. The van der Waals surface area contributed by atoms with Gasteiger partial charge in [0.05, 0.1) is 23.2 Å². The molecule has 1 saturated carbocycles. The molecule has 1 aliphatic heterocycles. The minimum absolute atomic E-state index is 0.0817. The van der Waals surface area contributed by atoms with E-state index in [-0.39, 0.29) is 28.8 Å². The molecule has 2 heterocycles. The molecule has 172 valence electrons. The fraction of sp³-hybridized carbons (Fsp3) is 0.500. The SMILES string of the molecule is CCOc1ccc(S(=O)(=O)N2CCC(C(=O)N(C3CC3)[C@@H](C)c3ccccn3)CC2)cc1. The number of nitrogens with zero attached hydrogens (tertiary/aromatic N) is 3. The van der Waals surface area contributed by atoms with Crippen molar-refractivity contribution in [3.05, 3.63) is 54.4 Å². The number of sulfonamides is 1. The maximum atomic E-state index is 13.4. The molecule has 7 nitrogen and oxygen atoms in total. The zero-order valence-corrected chi connectivity index (χ0v) is 19.5. The summed E-state index contributed by atoms with van der Waals surface area (Å²) in [6.45, 7) is 5.15. The topological polar surface area (TPSA) is 79.8 Å². The van der Waals surface area contributed by atoms with Crippen LogP contribution >= 0.6 is 0 Å². The number of hydrogen-bond donors (Lipinski definition) is 0. The predicted molar refractivity (Wildman–Crippen MR) is 122 cm³/mol. The van der Waals surface area contributed by atoms with Crippen LogP contribution in [0.4, 0.5) is 0 Å². The van der Waals surface area contributed by atoms with Crippen molar-refractivity contribution < 1.29 is 17.9 Å². The van der Waals surface area contributed by atoms with Crippen LogP contribution in [0, 0.1) is 5.92 Å². The summed E-state index contributed by atoms with van der Waals surface area (Å²) in [5.74, 6) is 0.621. The van der Waals surface area contributed by atoms with Crippen LogP contribution in [0.25, 0.3) is 0 Å². The highest BCUT2D eigenvalue weighted by Crippen LogP contribution is 2.37. The molecule has 1 amide bonds. The largest absolute Gasteiger partial charge is 0.494 e. The Labute approximate surface area is 190 Å². The number of hydrogen-bond acceptors (Lipinski definition) is 5. The first-order chi connectivity index (χ1) is 15.4. The maximum absolute atomic E-state index is 13.4. The molecule has 0 unspecified atom stereocenters. The Morgan fingerprint density at radius 3 is 2.38 bits per heavy atom. The highest BCUT2D eigenvalue weighted by Gasteiger charge is 2.41. The van der Waals surface area contributed by atoms with Crippen LogP contribution < -0.4 is 4.74 Å². The van der Waals surface area contributed by atoms with Crippen LogP contribution in [0.5, 0.6) is 5.75 Å². The summed E-state index contributed by atoms with van der Waals surface area (Å²) >= 11 is 0. The summed E-state index contributed by atoms with van der Waals surface area (Å²) in [5.41, 5.74) is 0.892. The van der Waals surface area contributed by atoms with Gasteiger partial charge in [0.15, 0.2) is 0 Å². The first-order valence-electron chi connectivity index (χ1n) is 11.4. The lowest BCUT2D eigenvalue weighted by atomic mass is 9.95. The zero-order valence-electron chi connectivity index (χ0n) is 18.7. The summed E-state index contributed by atoms with van der Waals surface area (Å²) in [5, 5.41) is 0. The average Bonchev–Trinajstić information content (AvgIpc) is 3.65. The molecular formula is C24H31N3O4S. The van der Waals surface area contributed by atoms with Crippen molar-refractivity contribution in [3.8, 4) is 5.75 Å². The molecule has 1 aromatic carbocycles. The van der Waals surface area contributed by atoms with E-state index in [1.807, 2.05) is 36.9 Å². The monoisotopic (exact) mass is 457 g/mol. The number of ether oxygens (including phenoxy) is 1. The molecule has 1 atom stereocenters.